The second-order valence-corrected chi connectivity index (χ2v) is 13.8. The molecule has 0 saturated heterocycles. The molecule has 0 rings (SSSR count). The molecule has 0 radical (unpaired) electrons. The fourth-order valence-corrected chi connectivity index (χ4v) is 5.94. The molecule has 4 N–H and O–H groups in total. The van der Waals surface area contributed by atoms with Gasteiger partial charge in [-0.2, -0.15) is 0 Å². The van der Waals surface area contributed by atoms with E-state index in [2.05, 4.69) is 23.7 Å². The van der Waals surface area contributed by atoms with E-state index in [1.165, 1.54) is 128 Å². The lowest BCUT2D eigenvalue weighted by atomic mass is 10.0. The summed E-state index contributed by atoms with van der Waals surface area (Å²) in [7, 11) is -4.68. The van der Waals surface area contributed by atoms with Crippen LogP contribution in [0.3, 0.4) is 0 Å². The van der Waals surface area contributed by atoms with E-state index in [1.54, 1.807) is 0 Å². The van der Waals surface area contributed by atoms with Crippen molar-refractivity contribution >= 4 is 13.7 Å². The van der Waals surface area contributed by atoms with Gasteiger partial charge in [-0.15, -0.1) is 0 Å². The van der Waals surface area contributed by atoms with Crippen molar-refractivity contribution in [1.29, 1.82) is 0 Å². The first-order valence-corrected chi connectivity index (χ1v) is 19.5. The van der Waals surface area contributed by atoms with Crippen LogP contribution in [0.1, 0.15) is 194 Å². The van der Waals surface area contributed by atoms with Crippen LogP contribution < -0.4 is 5.32 Å². The molecule has 0 aromatic carbocycles. The Kier molecular flexibility index (Phi) is 30.2. The molecule has 0 fully saturated rings. The number of amides is 1. The van der Waals surface area contributed by atoms with Gasteiger partial charge in [-0.25, -0.2) is 4.57 Å². The van der Waals surface area contributed by atoms with Gasteiger partial charge in [0.2, 0.25) is 5.91 Å². The molecule has 0 unspecified atom stereocenters. The van der Waals surface area contributed by atoms with E-state index in [9.17, 15) is 14.5 Å². The molecule has 0 aromatic heterocycles. The lowest BCUT2D eigenvalue weighted by molar-refractivity contribution is -0.123. The van der Waals surface area contributed by atoms with Crippen molar-refractivity contribution in [2.24, 2.45) is 0 Å². The molecule has 8 heteroatoms. The van der Waals surface area contributed by atoms with Gasteiger partial charge >= 0.3 is 7.82 Å². The first kappa shape index (κ1) is 41.5. The second kappa shape index (κ2) is 30.6. The van der Waals surface area contributed by atoms with E-state index in [0.717, 1.165) is 38.5 Å². The van der Waals surface area contributed by atoms with Gasteiger partial charge in [0.25, 0.3) is 0 Å². The summed E-state index contributed by atoms with van der Waals surface area (Å²) in [6.45, 7) is 4.11. The Morgan fingerprint density at radius 3 is 1.29 bits per heavy atom. The Morgan fingerprint density at radius 1 is 0.595 bits per heavy atom. The molecular weight excluding hydrogens is 549 g/mol. The average molecular weight is 620 g/mol. The number of hydrogen-bond donors (Lipinski definition) is 4. The number of hydrogen-bond acceptors (Lipinski definition) is 4. The number of carbonyl (C=O) groups is 1. The SMILES string of the molecule is CCCCCCCCCCCCCCCC(=O)N[C@@H](COP(=O)(O)O)[C@H](O)CCCCCCCCCCCCCCC. The van der Waals surface area contributed by atoms with Gasteiger partial charge in [0.1, 0.15) is 0 Å². The van der Waals surface area contributed by atoms with E-state index >= 15 is 0 Å². The van der Waals surface area contributed by atoms with Crippen molar-refractivity contribution in [2.45, 2.75) is 206 Å². The third-order valence-corrected chi connectivity index (χ3v) is 8.83. The number of carbonyl (C=O) groups excluding carboxylic acids is 1. The van der Waals surface area contributed by atoms with Crippen molar-refractivity contribution < 1.29 is 28.8 Å². The summed E-state index contributed by atoms with van der Waals surface area (Å²) < 4.78 is 15.9. The molecule has 0 aliphatic rings. The fraction of sp³-hybridized carbons (Fsp3) is 0.971. The monoisotopic (exact) mass is 619 g/mol. The van der Waals surface area contributed by atoms with Crippen molar-refractivity contribution in [3.63, 3.8) is 0 Å². The van der Waals surface area contributed by atoms with Crippen LogP contribution in [0, 0.1) is 0 Å². The van der Waals surface area contributed by atoms with Gasteiger partial charge in [0, 0.05) is 6.42 Å². The van der Waals surface area contributed by atoms with Crippen LogP contribution in [0.5, 0.6) is 0 Å². The van der Waals surface area contributed by atoms with Crippen LogP contribution in [0.25, 0.3) is 0 Å². The Morgan fingerprint density at radius 2 is 0.929 bits per heavy atom. The van der Waals surface area contributed by atoms with E-state index < -0.39 is 26.6 Å². The second-order valence-electron chi connectivity index (χ2n) is 12.6. The van der Waals surface area contributed by atoms with E-state index in [1.807, 2.05) is 0 Å². The van der Waals surface area contributed by atoms with Gasteiger partial charge in [-0.05, 0) is 12.8 Å². The van der Waals surface area contributed by atoms with Crippen LogP contribution in [-0.4, -0.2) is 39.6 Å². The third kappa shape index (κ3) is 31.0. The Balaban J connectivity index is 3.98. The molecule has 0 aliphatic heterocycles. The lowest BCUT2D eigenvalue weighted by Crippen LogP contribution is -2.46. The molecule has 2 atom stereocenters. The molecule has 0 saturated carbocycles. The molecule has 0 aromatic rings. The van der Waals surface area contributed by atoms with Crippen LogP contribution in [0.2, 0.25) is 0 Å². The largest absolute Gasteiger partial charge is 0.469 e. The predicted molar refractivity (Wildman–Crippen MR) is 177 cm³/mol. The molecule has 0 spiro atoms. The Labute approximate surface area is 260 Å². The number of phosphoric acid groups is 1. The number of rotatable bonds is 33. The molecule has 0 bridgehead atoms. The van der Waals surface area contributed by atoms with E-state index in [0.29, 0.717) is 12.8 Å². The third-order valence-electron chi connectivity index (χ3n) is 8.34. The first-order valence-electron chi connectivity index (χ1n) is 18.0. The lowest BCUT2D eigenvalue weighted by Gasteiger charge is -2.24. The Bertz CT molecular complexity index is 629. The van der Waals surface area contributed by atoms with E-state index in [-0.39, 0.29) is 5.91 Å². The van der Waals surface area contributed by atoms with Crippen LogP contribution in [0.4, 0.5) is 0 Å². The molecule has 42 heavy (non-hydrogen) atoms. The summed E-state index contributed by atoms with van der Waals surface area (Å²) >= 11 is 0. The van der Waals surface area contributed by atoms with Crippen LogP contribution in [0.15, 0.2) is 0 Å². The maximum atomic E-state index is 12.5. The summed E-state index contributed by atoms with van der Waals surface area (Å²) in [6, 6.07) is -0.815. The number of unbranched alkanes of at least 4 members (excludes halogenated alkanes) is 24. The number of nitrogens with one attached hydrogen (secondary N) is 1. The number of phosphoric ester groups is 1. The molecular formula is C34H70NO6P. The summed E-state index contributed by atoms with van der Waals surface area (Å²) in [5.74, 6) is -0.193. The van der Waals surface area contributed by atoms with Gasteiger partial charge in [-0.1, -0.05) is 174 Å². The Hall–Kier alpha value is -0.460. The molecule has 1 amide bonds. The van der Waals surface area contributed by atoms with Crippen molar-refractivity contribution in [3.05, 3.63) is 0 Å². The highest BCUT2D eigenvalue weighted by atomic mass is 31.2. The van der Waals surface area contributed by atoms with Gasteiger partial charge in [0.15, 0.2) is 0 Å². The highest BCUT2D eigenvalue weighted by Crippen LogP contribution is 2.36. The molecule has 0 aliphatic carbocycles. The summed E-state index contributed by atoms with van der Waals surface area (Å²) in [4.78, 5) is 30.7. The fourth-order valence-electron chi connectivity index (χ4n) is 5.58. The number of aliphatic hydroxyl groups excluding tert-OH is 1. The number of aliphatic hydroxyl groups is 1. The van der Waals surface area contributed by atoms with E-state index in [4.69, 9.17) is 9.79 Å². The zero-order valence-corrected chi connectivity index (χ0v) is 28.6. The minimum absolute atomic E-state index is 0.193. The van der Waals surface area contributed by atoms with Crippen molar-refractivity contribution in [1.82, 2.24) is 5.32 Å². The minimum Gasteiger partial charge on any atom is -0.391 e. The minimum atomic E-state index is -4.68. The molecule has 7 nitrogen and oxygen atoms in total. The van der Waals surface area contributed by atoms with Gasteiger partial charge < -0.3 is 20.2 Å². The normalized spacial score (nSPS) is 13.4. The smallest absolute Gasteiger partial charge is 0.391 e. The standard InChI is InChI=1S/C34H70NO6P/c1-3-5-7-9-11-13-15-17-19-21-23-25-27-29-33(36)32(31-41-42(38,39)40)35-34(37)30-28-26-24-22-20-18-16-14-12-10-8-6-4-2/h32-33,36H,3-31H2,1-2H3,(H,35,37)(H2,38,39,40)/t32-,33+/m0/s1. The quantitative estimate of drug-likeness (QED) is 0.0429. The van der Waals surface area contributed by atoms with Crippen LogP contribution >= 0.6 is 7.82 Å². The molecule has 252 valence electrons. The molecule has 0 heterocycles. The maximum absolute atomic E-state index is 12.5. The average Bonchev–Trinajstić information content (AvgIpc) is 2.95. The van der Waals surface area contributed by atoms with Crippen LogP contribution in [-0.2, 0) is 13.9 Å². The topological polar surface area (TPSA) is 116 Å². The first-order chi connectivity index (χ1) is 20.3. The zero-order chi connectivity index (χ0) is 31.2. The summed E-state index contributed by atoms with van der Waals surface area (Å²) in [5, 5.41) is 13.4. The van der Waals surface area contributed by atoms with Crippen molar-refractivity contribution in [2.75, 3.05) is 6.61 Å². The highest BCUT2D eigenvalue weighted by molar-refractivity contribution is 7.46. The maximum Gasteiger partial charge on any atom is 0.469 e. The zero-order valence-electron chi connectivity index (χ0n) is 27.7. The summed E-state index contributed by atoms with van der Waals surface area (Å²) in [5.41, 5.74) is 0. The predicted octanol–water partition coefficient (Wildman–Crippen LogP) is 9.90. The van der Waals surface area contributed by atoms with Gasteiger partial charge in [-0.3, -0.25) is 9.32 Å². The summed E-state index contributed by atoms with van der Waals surface area (Å²) in [6.07, 6.45) is 32.2. The van der Waals surface area contributed by atoms with Crippen molar-refractivity contribution in [3.8, 4) is 0 Å². The highest BCUT2D eigenvalue weighted by Gasteiger charge is 2.25. The van der Waals surface area contributed by atoms with Gasteiger partial charge in [0.05, 0.1) is 18.8 Å².